The summed E-state index contributed by atoms with van der Waals surface area (Å²) in [6.07, 6.45) is 6.26. The van der Waals surface area contributed by atoms with Crippen molar-refractivity contribution in [3.63, 3.8) is 0 Å². The number of hydrogen-bond acceptors (Lipinski definition) is 4. The lowest BCUT2D eigenvalue weighted by molar-refractivity contribution is 0.194. The van der Waals surface area contributed by atoms with Crippen molar-refractivity contribution in [3.05, 3.63) is 65.9 Å². The summed E-state index contributed by atoms with van der Waals surface area (Å²) in [4.78, 5) is 13.5. The largest absolute Gasteiger partial charge is 0.481 e. The van der Waals surface area contributed by atoms with Crippen molar-refractivity contribution in [3.8, 4) is 5.88 Å². The summed E-state index contributed by atoms with van der Waals surface area (Å²) in [6, 6.07) is 14.3. The van der Waals surface area contributed by atoms with Gasteiger partial charge in [-0.25, -0.2) is 4.98 Å². The summed E-state index contributed by atoms with van der Waals surface area (Å²) in [6.45, 7) is 5.68. The molecule has 1 fully saturated rings. The van der Waals surface area contributed by atoms with E-state index in [1.807, 2.05) is 31.4 Å². The van der Waals surface area contributed by atoms with Gasteiger partial charge in [0, 0.05) is 58.6 Å². The Bertz CT molecular complexity index is 772. The number of piperazine rings is 1. The van der Waals surface area contributed by atoms with Crippen LogP contribution < -0.4 is 10.1 Å². The highest BCUT2D eigenvalue weighted by molar-refractivity contribution is 14.0. The molecule has 6 nitrogen and oxygen atoms in total. The van der Waals surface area contributed by atoms with Gasteiger partial charge >= 0.3 is 0 Å². The average molecular weight is 507 g/mol. The van der Waals surface area contributed by atoms with E-state index in [9.17, 15) is 0 Å². The number of aliphatic imine (C=N–C) groups is 1. The fourth-order valence-electron chi connectivity index (χ4n) is 3.19. The van der Waals surface area contributed by atoms with E-state index < -0.39 is 0 Å². The van der Waals surface area contributed by atoms with E-state index in [0.717, 1.165) is 44.2 Å². The normalized spacial score (nSPS) is 15.2. The summed E-state index contributed by atoms with van der Waals surface area (Å²) in [5.74, 6) is 1.57. The van der Waals surface area contributed by atoms with Gasteiger partial charge in [-0.1, -0.05) is 48.6 Å². The molecular weight excluding hydrogens is 477 g/mol. The molecule has 1 aromatic carbocycles. The van der Waals surface area contributed by atoms with Crippen LogP contribution in [0.25, 0.3) is 6.08 Å². The van der Waals surface area contributed by atoms with E-state index in [2.05, 4.69) is 61.5 Å². The van der Waals surface area contributed by atoms with E-state index in [0.29, 0.717) is 12.4 Å². The molecule has 0 aliphatic carbocycles. The summed E-state index contributed by atoms with van der Waals surface area (Å²) in [5, 5.41) is 3.44. The number of benzene rings is 1. The van der Waals surface area contributed by atoms with Crippen molar-refractivity contribution >= 4 is 36.0 Å². The first-order chi connectivity index (χ1) is 13.8. The first-order valence-corrected chi connectivity index (χ1v) is 9.67. The van der Waals surface area contributed by atoms with Crippen molar-refractivity contribution < 1.29 is 4.74 Å². The maximum atomic E-state index is 5.10. The third kappa shape index (κ3) is 7.32. The van der Waals surface area contributed by atoms with Gasteiger partial charge in [-0.05, 0) is 11.1 Å². The molecule has 0 unspecified atom stereocenters. The van der Waals surface area contributed by atoms with Gasteiger partial charge in [-0.15, -0.1) is 24.0 Å². The molecule has 1 aliphatic rings. The Morgan fingerprint density at radius 2 is 1.90 bits per heavy atom. The van der Waals surface area contributed by atoms with Crippen molar-refractivity contribution in [2.45, 2.75) is 6.54 Å². The zero-order valence-electron chi connectivity index (χ0n) is 17.1. The smallest absolute Gasteiger partial charge is 0.212 e. The Morgan fingerprint density at radius 3 is 2.52 bits per heavy atom. The number of aromatic nitrogens is 1. The zero-order chi connectivity index (χ0) is 19.6. The van der Waals surface area contributed by atoms with E-state index in [4.69, 9.17) is 4.74 Å². The van der Waals surface area contributed by atoms with Crippen LogP contribution in [0.2, 0.25) is 0 Å². The third-order valence-corrected chi connectivity index (χ3v) is 4.81. The minimum Gasteiger partial charge on any atom is -0.481 e. The molecular formula is C22H30IN5O. The summed E-state index contributed by atoms with van der Waals surface area (Å²) >= 11 is 0. The monoisotopic (exact) mass is 507 g/mol. The SMILES string of the molecule is CN=C(NCc1ccc(OC)nc1)N1CCN(C/C=C/c2ccccc2)CC1.I. The van der Waals surface area contributed by atoms with Crippen LogP contribution in [0, 0.1) is 0 Å². The van der Waals surface area contributed by atoms with Crippen molar-refractivity contribution in [1.82, 2.24) is 20.1 Å². The molecule has 1 aromatic heterocycles. The Balaban J connectivity index is 0.00000300. The molecule has 0 atom stereocenters. The first-order valence-electron chi connectivity index (χ1n) is 9.67. The lowest BCUT2D eigenvalue weighted by Crippen LogP contribution is -2.52. The van der Waals surface area contributed by atoms with E-state index in [1.165, 1.54) is 5.56 Å². The molecule has 1 N–H and O–H groups in total. The number of rotatable bonds is 6. The van der Waals surface area contributed by atoms with Crippen molar-refractivity contribution in [1.29, 1.82) is 0 Å². The van der Waals surface area contributed by atoms with Gasteiger partial charge in [0.15, 0.2) is 5.96 Å². The van der Waals surface area contributed by atoms with Crippen molar-refractivity contribution in [2.24, 2.45) is 4.99 Å². The highest BCUT2D eigenvalue weighted by atomic mass is 127. The minimum absolute atomic E-state index is 0. The number of ether oxygens (including phenoxy) is 1. The second-order valence-electron chi connectivity index (χ2n) is 6.71. The molecule has 0 radical (unpaired) electrons. The Labute approximate surface area is 190 Å². The fraction of sp³-hybridized carbons (Fsp3) is 0.364. The molecule has 0 bridgehead atoms. The van der Waals surface area contributed by atoms with Crippen LogP contribution in [-0.4, -0.2) is 67.6 Å². The van der Waals surface area contributed by atoms with Crippen LogP contribution in [0.3, 0.4) is 0 Å². The molecule has 1 saturated heterocycles. The second-order valence-corrected chi connectivity index (χ2v) is 6.71. The highest BCUT2D eigenvalue weighted by Gasteiger charge is 2.18. The van der Waals surface area contributed by atoms with Gasteiger partial charge in [0.25, 0.3) is 0 Å². The quantitative estimate of drug-likeness (QED) is 0.370. The van der Waals surface area contributed by atoms with Crippen molar-refractivity contribution in [2.75, 3.05) is 46.9 Å². The van der Waals surface area contributed by atoms with Gasteiger partial charge in [0.2, 0.25) is 5.88 Å². The number of pyridine rings is 1. The van der Waals surface area contributed by atoms with Crippen LogP contribution in [0.15, 0.2) is 59.7 Å². The van der Waals surface area contributed by atoms with Crippen LogP contribution >= 0.6 is 24.0 Å². The summed E-state index contributed by atoms with van der Waals surface area (Å²) < 4.78 is 5.10. The second kappa shape index (κ2) is 12.4. The molecule has 7 heteroatoms. The molecule has 29 heavy (non-hydrogen) atoms. The lowest BCUT2D eigenvalue weighted by Gasteiger charge is -2.36. The third-order valence-electron chi connectivity index (χ3n) is 4.81. The molecule has 0 amide bonds. The first kappa shape index (κ1) is 23.2. The lowest BCUT2D eigenvalue weighted by atomic mass is 10.2. The van der Waals surface area contributed by atoms with Gasteiger partial charge in [0.1, 0.15) is 0 Å². The van der Waals surface area contributed by atoms with E-state index in [-0.39, 0.29) is 24.0 Å². The average Bonchev–Trinajstić information content (AvgIpc) is 2.76. The number of guanidine groups is 1. The maximum Gasteiger partial charge on any atom is 0.212 e. The molecule has 2 heterocycles. The molecule has 2 aromatic rings. The van der Waals surface area contributed by atoms with Crippen LogP contribution in [-0.2, 0) is 6.54 Å². The number of methoxy groups -OCH3 is 1. The van der Waals surface area contributed by atoms with Gasteiger partial charge in [-0.3, -0.25) is 9.89 Å². The standard InChI is InChI=1S/C22H29N5O.HI/c1-23-22(25-18-20-10-11-21(28-2)24-17-20)27-15-13-26(14-16-27)12-6-9-19-7-4-3-5-8-19;/h3-11,17H,12-16,18H2,1-2H3,(H,23,25);1H/b9-6+;. The highest BCUT2D eigenvalue weighted by Crippen LogP contribution is 2.08. The maximum absolute atomic E-state index is 5.10. The minimum atomic E-state index is 0. The fourth-order valence-corrected chi connectivity index (χ4v) is 3.19. The summed E-state index contributed by atoms with van der Waals surface area (Å²) in [5.41, 5.74) is 2.35. The van der Waals surface area contributed by atoms with Crippen LogP contribution in [0.1, 0.15) is 11.1 Å². The summed E-state index contributed by atoms with van der Waals surface area (Å²) in [7, 11) is 3.46. The number of nitrogens with one attached hydrogen (secondary N) is 1. The molecule has 156 valence electrons. The topological polar surface area (TPSA) is 53.0 Å². The predicted molar refractivity (Wildman–Crippen MR) is 130 cm³/mol. The number of nitrogens with zero attached hydrogens (tertiary/aromatic N) is 4. The molecule has 0 spiro atoms. The van der Waals surface area contributed by atoms with E-state index in [1.54, 1.807) is 7.11 Å². The molecule has 0 saturated carbocycles. The number of halogens is 1. The number of hydrogen-bond donors (Lipinski definition) is 1. The molecule has 3 rings (SSSR count). The molecule has 1 aliphatic heterocycles. The van der Waals surface area contributed by atoms with Crippen LogP contribution in [0.4, 0.5) is 0 Å². The Morgan fingerprint density at radius 1 is 1.14 bits per heavy atom. The Hall–Kier alpha value is -2.13. The zero-order valence-corrected chi connectivity index (χ0v) is 19.5. The van der Waals surface area contributed by atoms with Gasteiger partial charge in [-0.2, -0.15) is 0 Å². The Kier molecular flexibility index (Phi) is 9.93. The van der Waals surface area contributed by atoms with Gasteiger partial charge < -0.3 is 15.0 Å². The van der Waals surface area contributed by atoms with Gasteiger partial charge in [0.05, 0.1) is 7.11 Å². The van der Waals surface area contributed by atoms with Crippen LogP contribution in [0.5, 0.6) is 5.88 Å². The van der Waals surface area contributed by atoms with E-state index >= 15 is 0 Å². The predicted octanol–water partition coefficient (Wildman–Crippen LogP) is 3.11.